The summed E-state index contributed by atoms with van der Waals surface area (Å²) < 4.78 is 11.3. The third-order valence-electron chi connectivity index (χ3n) is 3.32. The van der Waals surface area contributed by atoms with Gasteiger partial charge in [-0.05, 0) is 36.8 Å². The maximum absolute atomic E-state index is 12.3. The third kappa shape index (κ3) is 4.02. The Morgan fingerprint density at radius 1 is 1.05 bits per heavy atom. The number of amides is 1. The van der Waals surface area contributed by atoms with Crippen LogP contribution in [0.2, 0.25) is 0 Å². The fraction of sp³-hybridized carbons (Fsp3) is 0.235. The molecule has 0 spiro atoms. The van der Waals surface area contributed by atoms with Crippen molar-refractivity contribution in [3.05, 3.63) is 65.2 Å². The average molecular weight is 301 g/mol. The molecule has 3 nitrogen and oxygen atoms in total. The van der Waals surface area contributed by atoms with Gasteiger partial charge in [0.25, 0.3) is 5.91 Å². The van der Waals surface area contributed by atoms with Gasteiger partial charge < -0.3 is 4.90 Å². The standard InChI is InChI=1S/C17H19NO2S/c1-13-4-6-14(7-5-13)12-18(2)17(19)15-8-10-16(11-9-15)21(3)20/h4-11H,12H2,1-3H3/t21-/m1/s1. The zero-order valence-electron chi connectivity index (χ0n) is 12.5. The predicted octanol–water partition coefficient (Wildman–Crippen LogP) is 3.00. The molecule has 0 aliphatic rings. The van der Waals surface area contributed by atoms with Gasteiger partial charge in [0.2, 0.25) is 0 Å². The smallest absolute Gasteiger partial charge is 0.253 e. The van der Waals surface area contributed by atoms with Gasteiger partial charge in [0, 0.05) is 41.1 Å². The van der Waals surface area contributed by atoms with E-state index < -0.39 is 10.8 Å². The Hall–Kier alpha value is -1.94. The summed E-state index contributed by atoms with van der Waals surface area (Å²) in [6.07, 6.45) is 1.63. The van der Waals surface area contributed by atoms with Crippen molar-refractivity contribution in [3.8, 4) is 0 Å². The second-order valence-corrected chi connectivity index (χ2v) is 6.50. The summed E-state index contributed by atoms with van der Waals surface area (Å²) in [4.78, 5) is 14.8. The van der Waals surface area contributed by atoms with Crippen molar-refractivity contribution in [1.82, 2.24) is 4.90 Å². The van der Waals surface area contributed by atoms with Crippen LogP contribution in [0.15, 0.2) is 53.4 Å². The van der Waals surface area contributed by atoms with E-state index in [1.54, 1.807) is 42.5 Å². The lowest BCUT2D eigenvalue weighted by Crippen LogP contribution is -2.26. The van der Waals surface area contributed by atoms with Crippen LogP contribution in [0, 0.1) is 6.92 Å². The molecule has 4 heteroatoms. The minimum absolute atomic E-state index is 0.0380. The van der Waals surface area contributed by atoms with Crippen molar-refractivity contribution in [2.75, 3.05) is 13.3 Å². The van der Waals surface area contributed by atoms with E-state index >= 15 is 0 Å². The lowest BCUT2D eigenvalue weighted by Gasteiger charge is -2.17. The summed E-state index contributed by atoms with van der Waals surface area (Å²) in [6, 6.07) is 15.1. The number of benzene rings is 2. The molecule has 0 fully saturated rings. The Balaban J connectivity index is 2.08. The summed E-state index contributed by atoms with van der Waals surface area (Å²) >= 11 is 0. The Morgan fingerprint density at radius 3 is 2.14 bits per heavy atom. The van der Waals surface area contributed by atoms with Crippen molar-refractivity contribution in [2.24, 2.45) is 0 Å². The molecule has 0 N–H and O–H groups in total. The molecule has 0 saturated carbocycles. The highest BCUT2D eigenvalue weighted by molar-refractivity contribution is 7.84. The van der Waals surface area contributed by atoms with Gasteiger partial charge in [-0.3, -0.25) is 9.00 Å². The molecule has 0 unspecified atom stereocenters. The highest BCUT2D eigenvalue weighted by Crippen LogP contribution is 2.12. The van der Waals surface area contributed by atoms with Crippen LogP contribution >= 0.6 is 0 Å². The number of aryl methyl sites for hydroxylation is 1. The molecule has 0 aliphatic heterocycles. The largest absolute Gasteiger partial charge is 0.337 e. The minimum Gasteiger partial charge on any atom is -0.337 e. The SMILES string of the molecule is Cc1ccc(CN(C)C(=O)c2ccc([S@@](C)=O)cc2)cc1. The van der Waals surface area contributed by atoms with Crippen molar-refractivity contribution in [1.29, 1.82) is 0 Å². The number of carbonyl (C=O) groups is 1. The van der Waals surface area contributed by atoms with Crippen LogP contribution in [-0.4, -0.2) is 28.3 Å². The summed E-state index contributed by atoms with van der Waals surface area (Å²) in [5.41, 5.74) is 2.91. The zero-order chi connectivity index (χ0) is 15.4. The second kappa shape index (κ2) is 6.68. The first-order chi connectivity index (χ1) is 9.97. The molecular weight excluding hydrogens is 282 g/mol. The molecule has 2 aromatic carbocycles. The molecule has 0 heterocycles. The molecule has 1 amide bonds. The fourth-order valence-electron chi connectivity index (χ4n) is 2.05. The lowest BCUT2D eigenvalue weighted by atomic mass is 10.1. The van der Waals surface area contributed by atoms with Crippen molar-refractivity contribution >= 4 is 16.7 Å². The number of hydrogen-bond donors (Lipinski definition) is 0. The van der Waals surface area contributed by atoms with Gasteiger partial charge in [-0.1, -0.05) is 29.8 Å². The highest BCUT2D eigenvalue weighted by Gasteiger charge is 2.12. The van der Waals surface area contributed by atoms with Gasteiger partial charge in [-0.2, -0.15) is 0 Å². The Bertz CT molecular complexity index is 647. The van der Waals surface area contributed by atoms with Crippen molar-refractivity contribution in [3.63, 3.8) is 0 Å². The molecule has 110 valence electrons. The van der Waals surface area contributed by atoms with E-state index in [4.69, 9.17) is 0 Å². The van der Waals surface area contributed by atoms with Gasteiger partial charge in [0.05, 0.1) is 0 Å². The van der Waals surface area contributed by atoms with E-state index in [1.807, 2.05) is 31.2 Å². The molecule has 0 aromatic heterocycles. The normalized spacial score (nSPS) is 12.0. The van der Waals surface area contributed by atoms with E-state index in [2.05, 4.69) is 0 Å². The first kappa shape index (κ1) is 15.4. The molecule has 0 radical (unpaired) electrons. The number of rotatable bonds is 4. The number of hydrogen-bond acceptors (Lipinski definition) is 2. The molecule has 2 rings (SSSR count). The molecule has 1 atom stereocenters. The van der Waals surface area contributed by atoms with Crippen molar-refractivity contribution in [2.45, 2.75) is 18.4 Å². The number of carbonyl (C=O) groups excluding carboxylic acids is 1. The van der Waals surface area contributed by atoms with Crippen LogP contribution in [0.5, 0.6) is 0 Å². The topological polar surface area (TPSA) is 37.4 Å². The molecule has 0 saturated heterocycles. The van der Waals surface area contributed by atoms with E-state index in [0.717, 1.165) is 10.5 Å². The van der Waals surface area contributed by atoms with Gasteiger partial charge in [0.15, 0.2) is 0 Å². The molecular formula is C17H19NO2S. The van der Waals surface area contributed by atoms with Crippen LogP contribution < -0.4 is 0 Å². The second-order valence-electron chi connectivity index (χ2n) is 5.13. The highest BCUT2D eigenvalue weighted by atomic mass is 32.2. The first-order valence-corrected chi connectivity index (χ1v) is 8.27. The van der Waals surface area contributed by atoms with E-state index in [9.17, 15) is 9.00 Å². The van der Waals surface area contributed by atoms with Crippen LogP contribution in [0.3, 0.4) is 0 Å². The lowest BCUT2D eigenvalue weighted by molar-refractivity contribution is 0.0785. The minimum atomic E-state index is -1.02. The Labute approximate surface area is 128 Å². The van der Waals surface area contributed by atoms with Gasteiger partial charge >= 0.3 is 0 Å². The maximum Gasteiger partial charge on any atom is 0.253 e. The third-order valence-corrected chi connectivity index (χ3v) is 4.26. The van der Waals surface area contributed by atoms with Crippen LogP contribution in [0.25, 0.3) is 0 Å². The number of nitrogens with zero attached hydrogens (tertiary/aromatic N) is 1. The first-order valence-electron chi connectivity index (χ1n) is 6.72. The molecule has 2 aromatic rings. The average Bonchev–Trinajstić information content (AvgIpc) is 2.49. The quantitative estimate of drug-likeness (QED) is 0.870. The van der Waals surface area contributed by atoms with Gasteiger partial charge in [-0.15, -0.1) is 0 Å². The van der Waals surface area contributed by atoms with Crippen LogP contribution in [0.4, 0.5) is 0 Å². The van der Waals surface area contributed by atoms with Crippen LogP contribution in [0.1, 0.15) is 21.5 Å². The summed E-state index contributed by atoms with van der Waals surface area (Å²) in [5, 5.41) is 0. The molecule has 0 aliphatic carbocycles. The van der Waals surface area contributed by atoms with Gasteiger partial charge in [-0.25, -0.2) is 0 Å². The Morgan fingerprint density at radius 2 is 1.62 bits per heavy atom. The zero-order valence-corrected chi connectivity index (χ0v) is 13.3. The Kier molecular flexibility index (Phi) is 4.91. The molecule has 0 bridgehead atoms. The summed E-state index contributed by atoms with van der Waals surface area (Å²) in [5.74, 6) is -0.0380. The summed E-state index contributed by atoms with van der Waals surface area (Å²) in [7, 11) is 0.766. The summed E-state index contributed by atoms with van der Waals surface area (Å²) in [6.45, 7) is 2.61. The van der Waals surface area contributed by atoms with Crippen molar-refractivity contribution < 1.29 is 9.00 Å². The predicted molar refractivity (Wildman–Crippen MR) is 85.8 cm³/mol. The maximum atomic E-state index is 12.3. The molecule has 21 heavy (non-hydrogen) atoms. The van der Waals surface area contributed by atoms with Gasteiger partial charge in [0.1, 0.15) is 0 Å². The fourth-order valence-corrected chi connectivity index (χ4v) is 2.57. The van der Waals surface area contributed by atoms with Crippen LogP contribution in [-0.2, 0) is 17.3 Å². The van der Waals surface area contributed by atoms with E-state index in [-0.39, 0.29) is 5.91 Å². The van der Waals surface area contributed by atoms with E-state index in [0.29, 0.717) is 12.1 Å². The van der Waals surface area contributed by atoms with E-state index in [1.165, 1.54) is 5.56 Å². The monoisotopic (exact) mass is 301 g/mol.